The molecular weight excluding hydrogens is 364 g/mol. The molecule has 29 heavy (non-hydrogen) atoms. The summed E-state index contributed by atoms with van der Waals surface area (Å²) < 4.78 is 2.97. The molecule has 3 heterocycles. The van der Waals surface area contributed by atoms with E-state index in [4.69, 9.17) is 4.98 Å². The molecule has 5 aromatic rings. The zero-order valence-corrected chi connectivity index (χ0v) is 15.6. The van der Waals surface area contributed by atoms with Gasteiger partial charge in [0.05, 0.1) is 17.8 Å². The van der Waals surface area contributed by atoms with Gasteiger partial charge in [0.25, 0.3) is 0 Å². The Hall–Kier alpha value is -4.00. The number of para-hydroxylation sites is 1. The molecule has 0 amide bonds. The summed E-state index contributed by atoms with van der Waals surface area (Å²) in [6, 6.07) is 23.5. The lowest BCUT2D eigenvalue weighted by atomic mass is 10.1. The highest BCUT2D eigenvalue weighted by molar-refractivity contribution is 5.93. The Labute approximate surface area is 166 Å². The third-order valence-corrected chi connectivity index (χ3v) is 4.75. The third-order valence-electron chi connectivity index (χ3n) is 4.75. The van der Waals surface area contributed by atoms with Crippen molar-refractivity contribution < 1.29 is 0 Å². The van der Waals surface area contributed by atoms with E-state index in [2.05, 4.69) is 15.4 Å². The molecule has 7 heteroatoms. The van der Waals surface area contributed by atoms with Gasteiger partial charge in [-0.2, -0.15) is 0 Å². The van der Waals surface area contributed by atoms with Gasteiger partial charge in [0, 0.05) is 23.7 Å². The van der Waals surface area contributed by atoms with Crippen LogP contribution in [0.15, 0.2) is 83.8 Å². The minimum absolute atomic E-state index is 0.160. The lowest BCUT2D eigenvalue weighted by Crippen LogP contribution is -2.24. The maximum Gasteiger partial charge on any atom is 0.350 e. The Balaban J connectivity index is 1.43. The molecule has 5 rings (SSSR count). The predicted molar refractivity (Wildman–Crippen MR) is 113 cm³/mol. The molecule has 2 aromatic carbocycles. The van der Waals surface area contributed by atoms with Crippen LogP contribution in [0.2, 0.25) is 0 Å². The van der Waals surface area contributed by atoms with Crippen molar-refractivity contribution >= 4 is 22.5 Å². The van der Waals surface area contributed by atoms with E-state index in [9.17, 15) is 4.79 Å². The molecule has 0 atom stereocenters. The minimum atomic E-state index is -0.160. The molecule has 0 bridgehead atoms. The molecule has 0 fully saturated rings. The Bertz CT molecular complexity index is 1360. The van der Waals surface area contributed by atoms with Crippen LogP contribution in [0.25, 0.3) is 27.8 Å². The van der Waals surface area contributed by atoms with Crippen LogP contribution in [0.3, 0.4) is 0 Å². The van der Waals surface area contributed by atoms with Gasteiger partial charge in [-0.05, 0) is 18.2 Å². The van der Waals surface area contributed by atoms with Crippen molar-refractivity contribution in [3.63, 3.8) is 0 Å². The Morgan fingerprint density at radius 3 is 2.52 bits per heavy atom. The maximum absolute atomic E-state index is 12.4. The van der Waals surface area contributed by atoms with Crippen molar-refractivity contribution in [1.82, 2.24) is 24.1 Å². The van der Waals surface area contributed by atoms with Gasteiger partial charge in [-0.3, -0.25) is 4.40 Å². The second-order valence-corrected chi connectivity index (χ2v) is 6.64. The van der Waals surface area contributed by atoms with Crippen LogP contribution in [0, 0.1) is 0 Å². The van der Waals surface area contributed by atoms with E-state index in [0.717, 1.165) is 22.2 Å². The number of hydrogen-bond acceptors (Lipinski definition) is 5. The highest BCUT2D eigenvalue weighted by atomic mass is 16.2. The Morgan fingerprint density at radius 1 is 0.862 bits per heavy atom. The first-order valence-corrected chi connectivity index (χ1v) is 9.40. The summed E-state index contributed by atoms with van der Waals surface area (Å²) in [6.45, 7) is 0.897. The molecule has 0 saturated heterocycles. The van der Waals surface area contributed by atoms with Crippen LogP contribution in [0.5, 0.6) is 0 Å². The first kappa shape index (κ1) is 17.1. The van der Waals surface area contributed by atoms with Crippen LogP contribution < -0.4 is 11.0 Å². The minimum Gasteiger partial charge on any atom is -0.352 e. The molecule has 0 aliphatic rings. The number of aromatic nitrogens is 5. The van der Waals surface area contributed by atoms with Crippen molar-refractivity contribution in [3.8, 4) is 11.3 Å². The fraction of sp³-hybridized carbons (Fsp3) is 0.0909. The number of rotatable bonds is 5. The molecule has 0 unspecified atom stereocenters. The van der Waals surface area contributed by atoms with E-state index < -0.39 is 0 Å². The second-order valence-electron chi connectivity index (χ2n) is 6.64. The highest BCUT2D eigenvalue weighted by Crippen LogP contribution is 2.26. The molecule has 0 saturated carbocycles. The summed E-state index contributed by atoms with van der Waals surface area (Å²) in [4.78, 5) is 21.7. The smallest absolute Gasteiger partial charge is 0.350 e. The number of nitrogens with zero attached hydrogens (tertiary/aromatic N) is 5. The summed E-state index contributed by atoms with van der Waals surface area (Å²) in [5.41, 5.74) is 3.25. The first-order chi connectivity index (χ1) is 14.3. The van der Waals surface area contributed by atoms with Crippen LogP contribution >= 0.6 is 0 Å². The first-order valence-electron chi connectivity index (χ1n) is 9.40. The average Bonchev–Trinajstić information content (AvgIpc) is 3.09. The van der Waals surface area contributed by atoms with Crippen LogP contribution in [0.4, 0.5) is 5.95 Å². The van der Waals surface area contributed by atoms with Gasteiger partial charge in [-0.1, -0.05) is 54.6 Å². The van der Waals surface area contributed by atoms with Crippen LogP contribution in [-0.4, -0.2) is 30.7 Å². The molecule has 142 valence electrons. The molecule has 0 aliphatic carbocycles. The lowest BCUT2D eigenvalue weighted by molar-refractivity contribution is 0.612. The molecule has 0 spiro atoms. The standard InChI is InChI=1S/C22H18N6O/c29-22-27-14-7-6-12-19(27)26-28(22)15-13-23-21-24-18-11-5-4-10-17(18)20(25-21)16-8-2-1-3-9-16/h1-12,14H,13,15H2,(H,23,24,25). The summed E-state index contributed by atoms with van der Waals surface area (Å²) in [5.74, 6) is 0.527. The number of anilines is 1. The van der Waals surface area contributed by atoms with E-state index in [1.165, 1.54) is 9.08 Å². The van der Waals surface area contributed by atoms with Crippen molar-refractivity contribution in [1.29, 1.82) is 0 Å². The number of pyridine rings is 1. The Kier molecular flexibility index (Phi) is 4.25. The lowest BCUT2D eigenvalue weighted by Gasteiger charge is -2.10. The van der Waals surface area contributed by atoms with Crippen LogP contribution in [-0.2, 0) is 6.54 Å². The second kappa shape index (κ2) is 7.20. The number of nitrogens with one attached hydrogen (secondary N) is 1. The number of benzene rings is 2. The molecule has 7 nitrogen and oxygen atoms in total. The summed E-state index contributed by atoms with van der Waals surface area (Å²) in [5, 5.41) is 8.58. The number of hydrogen-bond donors (Lipinski definition) is 1. The summed E-state index contributed by atoms with van der Waals surface area (Å²) >= 11 is 0. The SMILES string of the molecule is O=c1n(CCNc2nc(-c3ccccc3)c3ccccc3n2)nc2ccccn12. The maximum atomic E-state index is 12.4. The normalized spacial score (nSPS) is 11.2. The van der Waals surface area contributed by atoms with E-state index in [0.29, 0.717) is 24.7 Å². The van der Waals surface area contributed by atoms with E-state index in [1.807, 2.05) is 72.8 Å². The highest BCUT2D eigenvalue weighted by Gasteiger charge is 2.10. The van der Waals surface area contributed by atoms with Crippen molar-refractivity contribution in [3.05, 3.63) is 89.5 Å². The average molecular weight is 382 g/mol. The van der Waals surface area contributed by atoms with Gasteiger partial charge in [-0.25, -0.2) is 19.4 Å². The van der Waals surface area contributed by atoms with E-state index >= 15 is 0 Å². The van der Waals surface area contributed by atoms with E-state index in [1.54, 1.807) is 6.20 Å². The van der Waals surface area contributed by atoms with Crippen molar-refractivity contribution in [2.45, 2.75) is 6.54 Å². The van der Waals surface area contributed by atoms with Gasteiger partial charge < -0.3 is 5.32 Å². The van der Waals surface area contributed by atoms with Crippen molar-refractivity contribution in [2.24, 2.45) is 0 Å². The summed E-state index contributed by atoms with van der Waals surface area (Å²) in [7, 11) is 0. The van der Waals surface area contributed by atoms with E-state index in [-0.39, 0.29) is 5.69 Å². The fourth-order valence-electron chi connectivity index (χ4n) is 3.36. The monoisotopic (exact) mass is 382 g/mol. The number of fused-ring (bicyclic) bond motifs is 2. The summed E-state index contributed by atoms with van der Waals surface area (Å²) in [6.07, 6.45) is 1.72. The molecule has 0 radical (unpaired) electrons. The van der Waals surface area contributed by atoms with Gasteiger partial charge in [0.1, 0.15) is 0 Å². The molecule has 0 aliphatic heterocycles. The zero-order chi connectivity index (χ0) is 19.6. The molecule has 1 N–H and O–H groups in total. The third kappa shape index (κ3) is 3.23. The van der Waals surface area contributed by atoms with Gasteiger partial charge in [0.15, 0.2) is 5.65 Å². The topological polar surface area (TPSA) is 77.1 Å². The van der Waals surface area contributed by atoms with Crippen molar-refractivity contribution in [2.75, 3.05) is 11.9 Å². The zero-order valence-electron chi connectivity index (χ0n) is 15.6. The Morgan fingerprint density at radius 2 is 1.66 bits per heavy atom. The van der Waals surface area contributed by atoms with Gasteiger partial charge in [0.2, 0.25) is 5.95 Å². The molecule has 3 aromatic heterocycles. The van der Waals surface area contributed by atoms with Gasteiger partial charge >= 0.3 is 5.69 Å². The largest absolute Gasteiger partial charge is 0.352 e. The predicted octanol–water partition coefficient (Wildman–Crippen LogP) is 3.22. The molecular formula is C22H18N6O. The van der Waals surface area contributed by atoms with Crippen LogP contribution in [0.1, 0.15) is 0 Å². The fourth-order valence-corrected chi connectivity index (χ4v) is 3.36. The quantitative estimate of drug-likeness (QED) is 0.505. The van der Waals surface area contributed by atoms with Gasteiger partial charge in [-0.15, -0.1) is 5.10 Å².